The Kier molecular flexibility index (Phi) is 6.46. The van der Waals surface area contributed by atoms with E-state index >= 15 is 0 Å². The number of esters is 2. The predicted octanol–water partition coefficient (Wildman–Crippen LogP) is 2.26. The van der Waals surface area contributed by atoms with Gasteiger partial charge in [0.05, 0.1) is 25.7 Å². The van der Waals surface area contributed by atoms with Crippen LogP contribution in [-0.4, -0.2) is 51.0 Å². The van der Waals surface area contributed by atoms with Crippen LogP contribution >= 0.6 is 0 Å². The fourth-order valence-corrected chi connectivity index (χ4v) is 3.14. The number of hydrogen-bond acceptors (Lipinski definition) is 7. The molecule has 0 aliphatic carbocycles. The van der Waals surface area contributed by atoms with Crippen LogP contribution in [0.5, 0.6) is 5.75 Å². The normalized spacial score (nSPS) is 15.6. The highest BCUT2D eigenvalue weighted by atomic mass is 16.5. The molecule has 0 N–H and O–H groups in total. The van der Waals surface area contributed by atoms with Crippen molar-refractivity contribution in [1.29, 1.82) is 0 Å². The number of rotatable bonds is 7. The fraction of sp³-hybridized carbons (Fsp3) is 0.273. The molecular weight excluding hydrogens is 390 g/mol. The molecule has 1 heterocycles. The fourth-order valence-electron chi connectivity index (χ4n) is 3.14. The van der Waals surface area contributed by atoms with Crippen molar-refractivity contribution in [3.05, 3.63) is 59.7 Å². The van der Waals surface area contributed by atoms with E-state index in [4.69, 9.17) is 9.47 Å². The lowest BCUT2D eigenvalue weighted by atomic mass is 10.1. The summed E-state index contributed by atoms with van der Waals surface area (Å²) in [6.07, 6.45) is -0.00899. The summed E-state index contributed by atoms with van der Waals surface area (Å²) in [5.74, 6) is -1.81. The molecule has 0 unspecified atom stereocenters. The first-order valence-corrected chi connectivity index (χ1v) is 9.25. The summed E-state index contributed by atoms with van der Waals surface area (Å²) in [6, 6.07) is 12.9. The van der Waals surface area contributed by atoms with E-state index < -0.39 is 24.5 Å². The van der Waals surface area contributed by atoms with Crippen LogP contribution < -0.4 is 9.64 Å². The molecule has 1 fully saturated rings. The number of carbonyl (C=O) groups is 4. The van der Waals surface area contributed by atoms with Gasteiger partial charge in [-0.2, -0.15) is 0 Å². The van der Waals surface area contributed by atoms with E-state index in [2.05, 4.69) is 4.74 Å². The number of carbonyl (C=O) groups excluding carboxylic acids is 4. The predicted molar refractivity (Wildman–Crippen MR) is 107 cm³/mol. The summed E-state index contributed by atoms with van der Waals surface area (Å²) in [4.78, 5) is 49.9. The number of hydrogen-bond donors (Lipinski definition) is 0. The maximum Gasteiger partial charge on any atom is 0.337 e. The summed E-state index contributed by atoms with van der Waals surface area (Å²) < 4.78 is 14.9. The highest BCUT2D eigenvalue weighted by Gasteiger charge is 2.36. The average Bonchev–Trinajstić information content (AvgIpc) is 3.18. The van der Waals surface area contributed by atoms with Crippen LogP contribution in [0.4, 0.5) is 5.69 Å². The molecule has 30 heavy (non-hydrogen) atoms. The second-order valence-corrected chi connectivity index (χ2v) is 6.71. The topological polar surface area (TPSA) is 99.2 Å². The Morgan fingerprint density at radius 1 is 1.03 bits per heavy atom. The molecule has 0 radical (unpaired) electrons. The Morgan fingerprint density at radius 3 is 2.43 bits per heavy atom. The molecule has 0 bridgehead atoms. The first kappa shape index (κ1) is 21.0. The lowest BCUT2D eigenvalue weighted by Crippen LogP contribution is -2.27. The lowest BCUT2D eigenvalue weighted by molar-refractivity contribution is -0.147. The minimum Gasteiger partial charge on any atom is -0.497 e. The first-order chi connectivity index (χ1) is 14.4. The summed E-state index contributed by atoms with van der Waals surface area (Å²) >= 11 is 0. The number of nitrogens with zero attached hydrogens (tertiary/aromatic N) is 1. The third-order valence-electron chi connectivity index (χ3n) is 4.80. The van der Waals surface area contributed by atoms with Crippen LogP contribution in [0.15, 0.2) is 48.5 Å². The Labute approximate surface area is 173 Å². The van der Waals surface area contributed by atoms with Crippen molar-refractivity contribution in [3.8, 4) is 5.75 Å². The number of amides is 1. The number of ether oxygens (including phenoxy) is 3. The second-order valence-electron chi connectivity index (χ2n) is 6.71. The molecule has 0 saturated carbocycles. The molecule has 0 aromatic heterocycles. The van der Waals surface area contributed by atoms with Crippen LogP contribution in [0.3, 0.4) is 0 Å². The van der Waals surface area contributed by atoms with E-state index in [1.807, 2.05) is 0 Å². The van der Waals surface area contributed by atoms with Gasteiger partial charge in [0, 0.05) is 24.2 Å². The van der Waals surface area contributed by atoms with Gasteiger partial charge in [-0.05, 0) is 36.4 Å². The van der Waals surface area contributed by atoms with Gasteiger partial charge in [0.1, 0.15) is 5.75 Å². The molecule has 156 valence electrons. The number of anilines is 1. The van der Waals surface area contributed by atoms with Crippen LogP contribution in [-0.2, 0) is 19.1 Å². The van der Waals surface area contributed by atoms with Crippen LogP contribution in [0.1, 0.15) is 27.1 Å². The molecule has 3 rings (SSSR count). The molecule has 2 aromatic carbocycles. The summed E-state index contributed by atoms with van der Waals surface area (Å²) in [5, 5.41) is 0. The molecule has 1 aliphatic rings. The van der Waals surface area contributed by atoms with Gasteiger partial charge in [0.25, 0.3) is 0 Å². The maximum atomic E-state index is 12.4. The summed E-state index contributed by atoms with van der Waals surface area (Å²) in [7, 11) is 2.78. The van der Waals surface area contributed by atoms with Crippen molar-refractivity contribution in [3.63, 3.8) is 0 Å². The monoisotopic (exact) mass is 411 g/mol. The number of benzene rings is 2. The molecular formula is C22H21NO7. The molecule has 8 nitrogen and oxygen atoms in total. The van der Waals surface area contributed by atoms with Crippen molar-refractivity contribution >= 4 is 29.3 Å². The van der Waals surface area contributed by atoms with E-state index in [9.17, 15) is 19.2 Å². The van der Waals surface area contributed by atoms with Gasteiger partial charge in [0.15, 0.2) is 12.4 Å². The molecule has 1 atom stereocenters. The van der Waals surface area contributed by atoms with Gasteiger partial charge in [-0.3, -0.25) is 14.4 Å². The van der Waals surface area contributed by atoms with Gasteiger partial charge < -0.3 is 19.1 Å². The van der Waals surface area contributed by atoms with Gasteiger partial charge >= 0.3 is 11.9 Å². The molecule has 0 spiro atoms. The van der Waals surface area contributed by atoms with Crippen LogP contribution in [0.25, 0.3) is 0 Å². The zero-order valence-corrected chi connectivity index (χ0v) is 16.6. The molecule has 1 aliphatic heterocycles. The van der Waals surface area contributed by atoms with Crippen LogP contribution in [0.2, 0.25) is 0 Å². The van der Waals surface area contributed by atoms with Gasteiger partial charge in [0.2, 0.25) is 5.91 Å². The SMILES string of the molecule is COC(=O)c1ccc(N2C[C@@H](C(=O)OCC(=O)c3cccc(OC)c3)CC2=O)cc1. The Bertz CT molecular complexity index is 968. The number of methoxy groups -OCH3 is 2. The zero-order chi connectivity index (χ0) is 21.7. The smallest absolute Gasteiger partial charge is 0.337 e. The Morgan fingerprint density at radius 2 is 1.77 bits per heavy atom. The third-order valence-corrected chi connectivity index (χ3v) is 4.80. The highest BCUT2D eigenvalue weighted by molar-refractivity contribution is 6.01. The zero-order valence-electron chi connectivity index (χ0n) is 16.6. The average molecular weight is 411 g/mol. The van der Waals surface area contributed by atoms with Crippen molar-refractivity contribution in [2.45, 2.75) is 6.42 Å². The standard InChI is InChI=1S/C22H21NO7/c1-28-18-5-3-4-15(10-18)19(24)13-30-22(27)16-11-20(25)23(12-16)17-8-6-14(7-9-17)21(26)29-2/h3-10,16H,11-13H2,1-2H3/t16-/m0/s1. The largest absolute Gasteiger partial charge is 0.497 e. The molecule has 8 heteroatoms. The van der Waals surface area contributed by atoms with Crippen molar-refractivity contribution in [1.82, 2.24) is 0 Å². The van der Waals surface area contributed by atoms with E-state index in [0.29, 0.717) is 22.6 Å². The molecule has 1 saturated heterocycles. The Hall–Kier alpha value is -3.68. The quantitative estimate of drug-likeness (QED) is 0.509. The minimum atomic E-state index is -0.670. The van der Waals surface area contributed by atoms with Crippen molar-refractivity contribution in [2.75, 3.05) is 32.3 Å². The third kappa shape index (κ3) is 4.65. The molecule has 1 amide bonds. The molecule has 2 aromatic rings. The van der Waals surface area contributed by atoms with E-state index in [1.54, 1.807) is 48.5 Å². The highest BCUT2D eigenvalue weighted by Crippen LogP contribution is 2.26. The summed E-state index contributed by atoms with van der Waals surface area (Å²) in [6.45, 7) is -0.271. The van der Waals surface area contributed by atoms with E-state index in [-0.39, 0.29) is 24.7 Å². The first-order valence-electron chi connectivity index (χ1n) is 9.25. The number of Topliss-reactive ketones (excluding diaryl/α,β-unsaturated/α-hetero) is 1. The maximum absolute atomic E-state index is 12.4. The van der Waals surface area contributed by atoms with Crippen LogP contribution in [0, 0.1) is 5.92 Å². The summed E-state index contributed by atoms with van der Waals surface area (Å²) in [5.41, 5.74) is 1.30. The van der Waals surface area contributed by atoms with Gasteiger partial charge in [-0.15, -0.1) is 0 Å². The van der Waals surface area contributed by atoms with E-state index in [1.165, 1.54) is 19.1 Å². The number of ketones is 1. The minimum absolute atomic E-state index is 0.00899. The van der Waals surface area contributed by atoms with Gasteiger partial charge in [-0.1, -0.05) is 12.1 Å². The Balaban J connectivity index is 1.58. The second kappa shape index (κ2) is 9.21. The van der Waals surface area contributed by atoms with Gasteiger partial charge in [-0.25, -0.2) is 4.79 Å². The van der Waals surface area contributed by atoms with Crippen molar-refractivity contribution < 1.29 is 33.4 Å². The van der Waals surface area contributed by atoms with E-state index in [0.717, 1.165) is 0 Å². The lowest BCUT2D eigenvalue weighted by Gasteiger charge is -2.16. The van der Waals surface area contributed by atoms with Crippen molar-refractivity contribution in [2.24, 2.45) is 5.92 Å².